The quantitative estimate of drug-likeness (QED) is 0.461. The minimum Gasteiger partial charge on any atom is -0.492 e. The van der Waals surface area contributed by atoms with Crippen molar-refractivity contribution in [3.63, 3.8) is 0 Å². The van der Waals surface area contributed by atoms with E-state index >= 15 is 8.78 Å². The van der Waals surface area contributed by atoms with Gasteiger partial charge in [-0.15, -0.1) is 0 Å². The number of fused-ring (bicyclic) bond motifs is 3. The molecule has 3 aliphatic rings. The molecule has 0 unspecified atom stereocenters. The third-order valence-electron chi connectivity index (χ3n) is 7.94. The Bertz CT molecular complexity index is 1190. The second-order valence-electron chi connectivity index (χ2n) is 10.6. The van der Waals surface area contributed by atoms with E-state index in [1.807, 2.05) is 18.2 Å². The van der Waals surface area contributed by atoms with Crippen molar-refractivity contribution in [2.45, 2.75) is 38.3 Å². The van der Waals surface area contributed by atoms with Crippen LogP contribution in [0, 0.1) is 23.5 Å². The van der Waals surface area contributed by atoms with Crippen LogP contribution in [0.25, 0.3) is 10.9 Å². The number of hydrogen-bond donors (Lipinski definition) is 1. The minimum atomic E-state index is -0.578. The predicted molar refractivity (Wildman–Crippen MR) is 130 cm³/mol. The Hall–Kier alpha value is -2.51. The summed E-state index contributed by atoms with van der Waals surface area (Å²) in [6.45, 7) is 5.07. The van der Waals surface area contributed by atoms with Gasteiger partial charge in [-0.25, -0.2) is 8.78 Å². The number of nitrogens with one attached hydrogen (secondary N) is 1. The van der Waals surface area contributed by atoms with Crippen molar-refractivity contribution in [3.8, 4) is 5.75 Å². The highest BCUT2D eigenvalue weighted by Crippen LogP contribution is 2.45. The molecule has 3 aromatic rings. The van der Waals surface area contributed by atoms with E-state index in [1.165, 1.54) is 25.0 Å². The van der Waals surface area contributed by atoms with Gasteiger partial charge in [-0.05, 0) is 43.7 Å². The Labute approximate surface area is 204 Å². The Morgan fingerprint density at radius 3 is 2.51 bits per heavy atom. The van der Waals surface area contributed by atoms with Crippen LogP contribution in [-0.4, -0.2) is 60.3 Å². The first-order valence-electron chi connectivity index (χ1n) is 12.8. The third kappa shape index (κ3) is 4.33. The zero-order chi connectivity index (χ0) is 24.1. The molecule has 3 heterocycles. The molecule has 1 aliphatic carbocycles. The highest BCUT2D eigenvalue weighted by molar-refractivity contribution is 5.85. The summed E-state index contributed by atoms with van der Waals surface area (Å²) in [5.74, 6) is -0.258. The normalized spacial score (nSPS) is 23.4. The molecule has 1 N–H and O–H groups in total. The van der Waals surface area contributed by atoms with Gasteiger partial charge in [-0.1, -0.05) is 18.2 Å². The lowest BCUT2D eigenvalue weighted by Crippen LogP contribution is -2.49. The lowest BCUT2D eigenvalue weighted by Gasteiger charge is -2.41. The van der Waals surface area contributed by atoms with Crippen molar-refractivity contribution < 1.29 is 17.9 Å². The van der Waals surface area contributed by atoms with Crippen LogP contribution in [-0.2, 0) is 6.42 Å². The largest absolute Gasteiger partial charge is 0.492 e. The zero-order valence-electron chi connectivity index (χ0n) is 20.1. The average Bonchev–Trinajstić information content (AvgIpc) is 3.56. The number of alkyl halides is 1. The Kier molecular flexibility index (Phi) is 6.01. The number of halogens is 3. The SMILES string of the molecule is C[C@@H]1Cc2c([nH]c3ccccc23)[C@@H](c2c(F)cc(OCCN3CC(CF)C3)cc2F)N1CC1CC1. The number of benzene rings is 2. The molecule has 2 fully saturated rings. The molecule has 1 saturated heterocycles. The van der Waals surface area contributed by atoms with Gasteiger partial charge in [0.1, 0.15) is 24.0 Å². The Balaban J connectivity index is 1.30. The summed E-state index contributed by atoms with van der Waals surface area (Å²) < 4.78 is 49.6. The van der Waals surface area contributed by atoms with Crippen LogP contribution in [0.15, 0.2) is 36.4 Å². The number of hydrogen-bond acceptors (Lipinski definition) is 3. The molecule has 7 heteroatoms. The van der Waals surface area contributed by atoms with Crippen molar-refractivity contribution in [1.29, 1.82) is 0 Å². The first-order chi connectivity index (χ1) is 17.0. The number of rotatable bonds is 8. The minimum absolute atomic E-state index is 0.0888. The topological polar surface area (TPSA) is 31.5 Å². The summed E-state index contributed by atoms with van der Waals surface area (Å²) >= 11 is 0. The second kappa shape index (κ2) is 9.17. The summed E-state index contributed by atoms with van der Waals surface area (Å²) in [7, 11) is 0. The third-order valence-corrected chi connectivity index (χ3v) is 7.94. The molecule has 0 radical (unpaired) electrons. The van der Waals surface area contributed by atoms with Gasteiger partial charge in [0.25, 0.3) is 0 Å². The molecule has 4 nitrogen and oxygen atoms in total. The molecule has 1 saturated carbocycles. The first kappa shape index (κ1) is 22.9. The lowest BCUT2D eigenvalue weighted by molar-refractivity contribution is 0.0667. The van der Waals surface area contributed by atoms with Gasteiger partial charge < -0.3 is 9.72 Å². The van der Waals surface area contributed by atoms with Crippen LogP contribution in [0.3, 0.4) is 0 Å². The average molecular weight is 484 g/mol. The van der Waals surface area contributed by atoms with Gasteiger partial charge in [0.15, 0.2) is 0 Å². The van der Waals surface area contributed by atoms with E-state index in [0.717, 1.165) is 35.1 Å². The highest BCUT2D eigenvalue weighted by Gasteiger charge is 2.41. The van der Waals surface area contributed by atoms with E-state index in [2.05, 4.69) is 27.8 Å². The number of ether oxygens (including phenoxy) is 1. The summed E-state index contributed by atoms with van der Waals surface area (Å²) in [6, 6.07) is 10.4. The van der Waals surface area contributed by atoms with E-state index in [0.29, 0.717) is 32.2 Å². The number of para-hydroxylation sites is 1. The molecular weight excluding hydrogens is 451 g/mol. The summed E-state index contributed by atoms with van der Waals surface area (Å²) in [5, 5.41) is 1.13. The first-order valence-corrected chi connectivity index (χ1v) is 12.8. The highest BCUT2D eigenvalue weighted by atomic mass is 19.1. The van der Waals surface area contributed by atoms with Gasteiger partial charge in [0, 0.05) is 72.4 Å². The second-order valence-corrected chi connectivity index (χ2v) is 10.6. The van der Waals surface area contributed by atoms with Gasteiger partial charge in [0.05, 0.1) is 12.7 Å². The standard InChI is InChI=1S/C28H32F3N3O/c1-17-10-22-21-4-2-3-5-25(21)32-27(22)28(34(17)16-18-6-7-18)26-23(30)11-20(12-24(26)31)35-9-8-33-14-19(13-29)15-33/h2-5,11-12,17-19,28,32H,6-10,13-16H2,1H3/t17-,28-/m1/s1. The molecule has 0 bridgehead atoms. The van der Waals surface area contributed by atoms with Crippen LogP contribution in [0.5, 0.6) is 5.75 Å². The van der Waals surface area contributed by atoms with Gasteiger partial charge in [-0.3, -0.25) is 14.2 Å². The molecule has 0 spiro atoms. The molecule has 2 atom stereocenters. The molecule has 2 aromatic carbocycles. The monoisotopic (exact) mass is 483 g/mol. The van der Waals surface area contributed by atoms with Gasteiger partial charge >= 0.3 is 0 Å². The number of nitrogens with zero attached hydrogens (tertiary/aromatic N) is 2. The van der Waals surface area contributed by atoms with Crippen LogP contribution in [0.1, 0.15) is 42.6 Å². The van der Waals surface area contributed by atoms with Crippen molar-refractivity contribution >= 4 is 10.9 Å². The maximum Gasteiger partial charge on any atom is 0.135 e. The fourth-order valence-electron chi connectivity index (χ4n) is 5.86. The van der Waals surface area contributed by atoms with Crippen LogP contribution in [0.2, 0.25) is 0 Å². The van der Waals surface area contributed by atoms with Crippen molar-refractivity contribution in [1.82, 2.24) is 14.8 Å². The molecule has 2 aliphatic heterocycles. The van der Waals surface area contributed by atoms with Gasteiger partial charge in [-0.2, -0.15) is 0 Å². The number of likely N-dealkylation sites (tertiary alicyclic amines) is 1. The molecule has 0 amide bonds. The van der Waals surface area contributed by atoms with Crippen LogP contribution < -0.4 is 4.74 Å². The van der Waals surface area contributed by atoms with Crippen molar-refractivity contribution in [2.75, 3.05) is 39.5 Å². The summed E-state index contributed by atoms with van der Waals surface area (Å²) in [5.41, 5.74) is 3.15. The Morgan fingerprint density at radius 1 is 1.06 bits per heavy atom. The Morgan fingerprint density at radius 2 is 1.80 bits per heavy atom. The number of aromatic nitrogens is 1. The maximum atomic E-state index is 15.6. The van der Waals surface area contributed by atoms with Crippen molar-refractivity contribution in [3.05, 3.63) is 64.9 Å². The lowest BCUT2D eigenvalue weighted by atomic mass is 9.88. The fraction of sp³-hybridized carbons (Fsp3) is 0.500. The van der Waals surface area contributed by atoms with E-state index in [1.54, 1.807) is 0 Å². The molecular formula is C28H32F3N3O. The molecule has 35 heavy (non-hydrogen) atoms. The predicted octanol–water partition coefficient (Wildman–Crippen LogP) is 5.47. The molecule has 186 valence electrons. The van der Waals surface area contributed by atoms with Gasteiger partial charge in [0.2, 0.25) is 0 Å². The summed E-state index contributed by atoms with van der Waals surface area (Å²) in [4.78, 5) is 7.87. The van der Waals surface area contributed by atoms with Crippen LogP contribution in [0.4, 0.5) is 13.2 Å². The van der Waals surface area contributed by atoms with E-state index in [4.69, 9.17) is 4.74 Å². The smallest absolute Gasteiger partial charge is 0.135 e. The van der Waals surface area contributed by atoms with Crippen molar-refractivity contribution in [2.24, 2.45) is 11.8 Å². The number of aromatic amines is 1. The molecule has 6 rings (SSSR count). The fourth-order valence-corrected chi connectivity index (χ4v) is 5.86. The van der Waals surface area contributed by atoms with E-state index in [-0.39, 0.29) is 29.9 Å². The zero-order valence-corrected chi connectivity index (χ0v) is 20.1. The molecule has 1 aromatic heterocycles. The van der Waals surface area contributed by atoms with E-state index < -0.39 is 17.7 Å². The number of H-pyrrole nitrogens is 1. The summed E-state index contributed by atoms with van der Waals surface area (Å²) in [6.07, 6.45) is 3.21. The van der Waals surface area contributed by atoms with Crippen LogP contribution >= 0.6 is 0 Å². The van der Waals surface area contributed by atoms with E-state index in [9.17, 15) is 4.39 Å². The maximum absolute atomic E-state index is 15.6.